The number of nitrogens with one attached hydrogen (secondary N) is 1. The average Bonchev–Trinajstić information content (AvgIpc) is 2.74. The maximum Gasteiger partial charge on any atom is 0.262 e. The van der Waals surface area contributed by atoms with Gasteiger partial charge in [0.2, 0.25) is 10.0 Å². The largest absolute Gasteiger partial charge is 0.495 e. The van der Waals surface area contributed by atoms with E-state index in [1.165, 1.54) is 29.6 Å². The Morgan fingerprint density at radius 2 is 1.57 bits per heavy atom. The van der Waals surface area contributed by atoms with Crippen LogP contribution >= 0.6 is 0 Å². The molecule has 9 heteroatoms. The van der Waals surface area contributed by atoms with Gasteiger partial charge in [-0.1, -0.05) is 13.8 Å². The predicted octanol–water partition coefficient (Wildman–Crippen LogP) is 3.14. The normalized spacial score (nSPS) is 11.2. The number of sulfonamides is 1. The summed E-state index contributed by atoms with van der Waals surface area (Å²) in [7, 11) is -2.22. The Labute approximate surface area is 177 Å². The van der Waals surface area contributed by atoms with E-state index in [-0.39, 0.29) is 17.2 Å². The van der Waals surface area contributed by atoms with E-state index in [1.54, 1.807) is 38.1 Å². The Balaban J connectivity index is 2.11. The first-order valence-corrected chi connectivity index (χ1v) is 11.1. The summed E-state index contributed by atoms with van der Waals surface area (Å²) >= 11 is 0. The molecule has 1 amide bonds. The van der Waals surface area contributed by atoms with E-state index in [0.717, 1.165) is 0 Å². The maximum absolute atomic E-state index is 12.8. The van der Waals surface area contributed by atoms with Gasteiger partial charge in [-0.05, 0) is 49.4 Å². The van der Waals surface area contributed by atoms with Gasteiger partial charge in [0.15, 0.2) is 6.61 Å². The topological polar surface area (TPSA) is 94.2 Å². The summed E-state index contributed by atoms with van der Waals surface area (Å²) in [5.74, 6) is 1.13. The summed E-state index contributed by atoms with van der Waals surface area (Å²) in [6.07, 6.45) is 0. The second-order valence-corrected chi connectivity index (χ2v) is 8.13. The highest BCUT2D eigenvalue weighted by Gasteiger charge is 2.23. The minimum atomic E-state index is -3.67. The minimum absolute atomic E-state index is 0.0785. The van der Waals surface area contributed by atoms with E-state index in [0.29, 0.717) is 36.9 Å². The van der Waals surface area contributed by atoms with Crippen molar-refractivity contribution in [1.29, 1.82) is 0 Å². The molecule has 8 nitrogen and oxygen atoms in total. The highest BCUT2D eigenvalue weighted by molar-refractivity contribution is 7.89. The van der Waals surface area contributed by atoms with Crippen LogP contribution in [0.15, 0.2) is 47.4 Å². The molecule has 0 aromatic heterocycles. The Morgan fingerprint density at radius 3 is 2.10 bits per heavy atom. The molecule has 0 bridgehead atoms. The monoisotopic (exact) mass is 436 g/mol. The fraction of sp³-hybridized carbons (Fsp3) is 0.381. The van der Waals surface area contributed by atoms with E-state index < -0.39 is 15.9 Å². The van der Waals surface area contributed by atoms with Gasteiger partial charge in [-0.15, -0.1) is 0 Å². The minimum Gasteiger partial charge on any atom is -0.495 e. The lowest BCUT2D eigenvalue weighted by Crippen LogP contribution is -2.30. The number of benzene rings is 2. The van der Waals surface area contributed by atoms with Crippen LogP contribution in [0.3, 0.4) is 0 Å². The molecule has 0 saturated heterocycles. The van der Waals surface area contributed by atoms with Gasteiger partial charge in [0, 0.05) is 13.1 Å². The fourth-order valence-corrected chi connectivity index (χ4v) is 4.28. The molecule has 0 unspecified atom stereocenters. The zero-order chi connectivity index (χ0) is 22.1. The average molecular weight is 437 g/mol. The SMILES string of the molecule is CCOc1ccc(OCC(=O)Nc2cc(S(=O)(=O)N(CC)CC)ccc2OC)cc1. The highest BCUT2D eigenvalue weighted by Crippen LogP contribution is 2.29. The molecule has 0 fully saturated rings. The lowest BCUT2D eigenvalue weighted by atomic mass is 10.3. The number of hydrogen-bond donors (Lipinski definition) is 1. The zero-order valence-electron chi connectivity index (χ0n) is 17.7. The van der Waals surface area contributed by atoms with Crippen LogP contribution in [0.2, 0.25) is 0 Å². The van der Waals surface area contributed by atoms with E-state index >= 15 is 0 Å². The van der Waals surface area contributed by atoms with Crippen LogP contribution < -0.4 is 19.5 Å². The molecule has 0 radical (unpaired) electrons. The highest BCUT2D eigenvalue weighted by atomic mass is 32.2. The van der Waals surface area contributed by atoms with E-state index in [1.807, 2.05) is 6.92 Å². The number of anilines is 1. The van der Waals surface area contributed by atoms with E-state index in [4.69, 9.17) is 14.2 Å². The van der Waals surface area contributed by atoms with Crippen molar-refractivity contribution in [2.75, 3.05) is 38.7 Å². The number of carbonyl (C=O) groups is 1. The standard InChI is InChI=1S/C21H28N2O6S/c1-5-23(6-2)30(25,26)18-12-13-20(27-4)19(14-18)22-21(24)15-29-17-10-8-16(9-11-17)28-7-3/h8-14H,5-7,15H2,1-4H3,(H,22,24). The summed E-state index contributed by atoms with van der Waals surface area (Å²) < 4.78 is 42.9. The molecule has 0 aliphatic carbocycles. The van der Waals surface area contributed by atoms with Crippen LogP contribution in [0.1, 0.15) is 20.8 Å². The number of carbonyl (C=O) groups excluding carboxylic acids is 1. The van der Waals surface area contributed by atoms with Crippen LogP contribution in [0, 0.1) is 0 Å². The third kappa shape index (κ3) is 5.87. The Bertz CT molecular complexity index is 940. The number of methoxy groups -OCH3 is 1. The Morgan fingerprint density at radius 1 is 0.967 bits per heavy atom. The van der Waals surface area contributed by atoms with Gasteiger partial charge in [0.1, 0.15) is 17.2 Å². The molecule has 0 aliphatic heterocycles. The molecule has 30 heavy (non-hydrogen) atoms. The van der Waals surface area contributed by atoms with Crippen molar-refractivity contribution in [3.05, 3.63) is 42.5 Å². The van der Waals surface area contributed by atoms with Gasteiger partial charge in [-0.2, -0.15) is 4.31 Å². The number of nitrogens with zero attached hydrogens (tertiary/aromatic N) is 1. The van der Waals surface area contributed by atoms with Gasteiger partial charge >= 0.3 is 0 Å². The fourth-order valence-electron chi connectivity index (χ4n) is 2.79. The zero-order valence-corrected chi connectivity index (χ0v) is 18.5. The summed E-state index contributed by atoms with van der Waals surface area (Å²) in [4.78, 5) is 12.4. The van der Waals surface area contributed by atoms with Crippen LogP contribution in [0.4, 0.5) is 5.69 Å². The summed E-state index contributed by atoms with van der Waals surface area (Å²) in [5.41, 5.74) is 0.256. The second-order valence-electron chi connectivity index (χ2n) is 6.19. The van der Waals surface area contributed by atoms with E-state index in [2.05, 4.69) is 5.32 Å². The molecular formula is C21H28N2O6S. The molecule has 2 aromatic carbocycles. The molecule has 1 N–H and O–H groups in total. The second kappa shape index (κ2) is 10.8. The smallest absolute Gasteiger partial charge is 0.262 e. The first-order chi connectivity index (χ1) is 14.3. The van der Waals surface area contributed by atoms with E-state index in [9.17, 15) is 13.2 Å². The lowest BCUT2D eigenvalue weighted by molar-refractivity contribution is -0.118. The molecule has 0 aliphatic rings. The van der Waals surface area contributed by atoms with Crippen LogP contribution in [-0.4, -0.2) is 52.0 Å². The Kier molecular flexibility index (Phi) is 8.49. The van der Waals surface area contributed by atoms with Crippen molar-refractivity contribution in [2.24, 2.45) is 0 Å². The van der Waals surface area contributed by atoms with Gasteiger partial charge in [-0.3, -0.25) is 4.79 Å². The Hall–Kier alpha value is -2.78. The number of hydrogen-bond acceptors (Lipinski definition) is 6. The summed E-state index contributed by atoms with van der Waals surface area (Å²) in [5, 5.41) is 2.65. The molecule has 2 aromatic rings. The first-order valence-electron chi connectivity index (χ1n) is 9.69. The van der Waals surface area contributed by atoms with Crippen molar-refractivity contribution >= 4 is 21.6 Å². The first kappa shape index (κ1) is 23.5. The number of rotatable bonds is 11. The third-order valence-electron chi connectivity index (χ3n) is 4.29. The molecule has 2 rings (SSSR count). The van der Waals surface area contributed by atoms with Gasteiger partial charge in [0.05, 0.1) is 24.3 Å². The van der Waals surface area contributed by atoms with Gasteiger partial charge in [-0.25, -0.2) is 8.42 Å². The molecular weight excluding hydrogens is 408 g/mol. The van der Waals surface area contributed by atoms with Gasteiger partial charge < -0.3 is 19.5 Å². The van der Waals surface area contributed by atoms with Crippen LogP contribution in [0.25, 0.3) is 0 Å². The van der Waals surface area contributed by atoms with Crippen molar-refractivity contribution < 1.29 is 27.4 Å². The van der Waals surface area contributed by atoms with Crippen molar-refractivity contribution in [3.63, 3.8) is 0 Å². The van der Waals surface area contributed by atoms with Crippen LogP contribution in [-0.2, 0) is 14.8 Å². The quantitative estimate of drug-likeness (QED) is 0.582. The summed E-state index contributed by atoms with van der Waals surface area (Å²) in [6, 6.07) is 11.3. The number of ether oxygens (including phenoxy) is 3. The van der Waals surface area contributed by atoms with Crippen molar-refractivity contribution in [2.45, 2.75) is 25.7 Å². The predicted molar refractivity (Wildman–Crippen MR) is 115 cm³/mol. The number of amides is 1. The van der Waals surface area contributed by atoms with Crippen LogP contribution in [0.5, 0.6) is 17.2 Å². The molecule has 164 valence electrons. The molecule has 0 heterocycles. The van der Waals surface area contributed by atoms with Crippen molar-refractivity contribution in [3.8, 4) is 17.2 Å². The third-order valence-corrected chi connectivity index (χ3v) is 6.34. The van der Waals surface area contributed by atoms with Gasteiger partial charge in [0.25, 0.3) is 5.91 Å². The molecule has 0 saturated carbocycles. The maximum atomic E-state index is 12.8. The molecule has 0 spiro atoms. The molecule has 0 atom stereocenters. The lowest BCUT2D eigenvalue weighted by Gasteiger charge is -2.19. The van der Waals surface area contributed by atoms with Crippen molar-refractivity contribution in [1.82, 2.24) is 4.31 Å². The summed E-state index contributed by atoms with van der Waals surface area (Å²) in [6.45, 7) is 6.45.